The molecule has 6 nitrogen and oxygen atoms in total. The van der Waals surface area contributed by atoms with Gasteiger partial charge < -0.3 is 15.8 Å². The van der Waals surface area contributed by atoms with Crippen LogP contribution in [-0.2, 0) is 9.53 Å². The summed E-state index contributed by atoms with van der Waals surface area (Å²) in [7, 11) is 0. The van der Waals surface area contributed by atoms with Crippen molar-refractivity contribution in [1.82, 2.24) is 10.3 Å². The minimum Gasteiger partial charge on any atom is -0.449 e. The molecule has 1 aliphatic rings. The van der Waals surface area contributed by atoms with Gasteiger partial charge in [0, 0.05) is 6.54 Å². The number of nitrogens with zero attached hydrogens (tertiary/aromatic N) is 1. The second-order valence-corrected chi connectivity index (χ2v) is 7.59. The summed E-state index contributed by atoms with van der Waals surface area (Å²) in [5.74, 6) is -0.226. The van der Waals surface area contributed by atoms with Crippen molar-refractivity contribution in [1.29, 1.82) is 0 Å². The van der Waals surface area contributed by atoms with Crippen LogP contribution in [0.2, 0.25) is 0 Å². The zero-order valence-electron chi connectivity index (χ0n) is 14.3. The van der Waals surface area contributed by atoms with E-state index in [1.54, 1.807) is 25.1 Å². The monoisotopic (exact) mass is 361 g/mol. The smallest absolute Gasteiger partial charge is 0.338 e. The average Bonchev–Trinajstić information content (AvgIpc) is 2.99. The molecule has 1 unspecified atom stereocenters. The number of nitrogen functional groups attached to an aromatic ring is 1. The summed E-state index contributed by atoms with van der Waals surface area (Å²) in [5, 5.41) is 3.36. The predicted octanol–water partition coefficient (Wildman–Crippen LogP) is 3.12. The molecular formula is C18H23N3O3S. The van der Waals surface area contributed by atoms with Gasteiger partial charge in [0.2, 0.25) is 0 Å². The third-order valence-corrected chi connectivity index (χ3v) is 5.43. The molecule has 0 aliphatic heterocycles. The van der Waals surface area contributed by atoms with Crippen molar-refractivity contribution in [2.75, 3.05) is 12.3 Å². The Kier molecular flexibility index (Phi) is 5.53. The zero-order chi connectivity index (χ0) is 17.8. The molecule has 1 aliphatic carbocycles. The van der Waals surface area contributed by atoms with Crippen LogP contribution in [0.25, 0.3) is 10.2 Å². The van der Waals surface area contributed by atoms with Crippen LogP contribution in [0.15, 0.2) is 18.2 Å². The number of ether oxygens (including phenoxy) is 1. The fraction of sp³-hybridized carbons (Fsp3) is 0.500. The minimum absolute atomic E-state index is 0.248. The second-order valence-electron chi connectivity index (χ2n) is 6.53. The Balaban J connectivity index is 1.54. The van der Waals surface area contributed by atoms with Crippen molar-refractivity contribution >= 4 is 38.6 Å². The molecule has 7 heteroatoms. The molecule has 1 atom stereocenters. The van der Waals surface area contributed by atoms with E-state index >= 15 is 0 Å². The highest BCUT2D eigenvalue weighted by atomic mass is 32.1. The van der Waals surface area contributed by atoms with E-state index in [2.05, 4.69) is 10.3 Å². The topological polar surface area (TPSA) is 94.3 Å². The Morgan fingerprint density at radius 1 is 1.36 bits per heavy atom. The Morgan fingerprint density at radius 3 is 2.88 bits per heavy atom. The summed E-state index contributed by atoms with van der Waals surface area (Å²) in [6.45, 7) is 2.25. The van der Waals surface area contributed by atoms with Gasteiger partial charge in [-0.05, 0) is 43.9 Å². The van der Waals surface area contributed by atoms with E-state index in [1.807, 2.05) is 0 Å². The van der Waals surface area contributed by atoms with Crippen LogP contribution < -0.4 is 11.1 Å². The van der Waals surface area contributed by atoms with E-state index in [0.717, 1.165) is 23.1 Å². The first-order valence-corrected chi connectivity index (χ1v) is 9.49. The van der Waals surface area contributed by atoms with E-state index in [9.17, 15) is 9.59 Å². The summed E-state index contributed by atoms with van der Waals surface area (Å²) >= 11 is 1.31. The third kappa shape index (κ3) is 4.48. The van der Waals surface area contributed by atoms with E-state index in [4.69, 9.17) is 10.5 Å². The maximum Gasteiger partial charge on any atom is 0.338 e. The molecule has 3 rings (SSSR count). The number of amides is 1. The van der Waals surface area contributed by atoms with Crippen molar-refractivity contribution in [3.8, 4) is 0 Å². The van der Waals surface area contributed by atoms with E-state index < -0.39 is 12.1 Å². The van der Waals surface area contributed by atoms with Crippen molar-refractivity contribution in [3.05, 3.63) is 23.8 Å². The van der Waals surface area contributed by atoms with Gasteiger partial charge >= 0.3 is 5.97 Å². The van der Waals surface area contributed by atoms with Gasteiger partial charge in [0.25, 0.3) is 5.91 Å². The van der Waals surface area contributed by atoms with Gasteiger partial charge in [0.05, 0.1) is 15.8 Å². The fourth-order valence-corrected chi connectivity index (χ4v) is 3.90. The number of fused-ring (bicyclic) bond motifs is 1. The molecule has 3 N–H and O–H groups in total. The van der Waals surface area contributed by atoms with Gasteiger partial charge in [-0.1, -0.05) is 30.6 Å². The third-order valence-electron chi connectivity index (χ3n) is 4.58. The maximum atomic E-state index is 12.3. The number of hydrogen-bond acceptors (Lipinski definition) is 6. The summed E-state index contributed by atoms with van der Waals surface area (Å²) in [6.07, 6.45) is 5.25. The first kappa shape index (κ1) is 17.7. The summed E-state index contributed by atoms with van der Waals surface area (Å²) in [6, 6.07) is 5.06. The molecule has 0 saturated heterocycles. The molecule has 1 amide bonds. The van der Waals surface area contributed by atoms with E-state index in [0.29, 0.717) is 23.2 Å². The molecule has 134 valence electrons. The molecule has 0 radical (unpaired) electrons. The second kappa shape index (κ2) is 7.82. The summed E-state index contributed by atoms with van der Waals surface area (Å²) < 4.78 is 6.12. The number of esters is 1. The number of nitrogens with one attached hydrogen (secondary N) is 1. The minimum atomic E-state index is -0.821. The van der Waals surface area contributed by atoms with Crippen LogP contribution in [0, 0.1) is 5.92 Å². The Bertz CT molecular complexity index is 768. The number of carbonyl (C=O) groups is 2. The van der Waals surface area contributed by atoms with Crippen molar-refractivity contribution in [3.63, 3.8) is 0 Å². The normalized spacial score (nSPS) is 16.5. The number of anilines is 1. The van der Waals surface area contributed by atoms with Crippen LogP contribution in [0.3, 0.4) is 0 Å². The highest BCUT2D eigenvalue weighted by Crippen LogP contribution is 2.25. The first-order valence-electron chi connectivity index (χ1n) is 8.67. The predicted molar refractivity (Wildman–Crippen MR) is 98.5 cm³/mol. The van der Waals surface area contributed by atoms with Crippen LogP contribution >= 0.6 is 11.3 Å². The lowest BCUT2D eigenvalue weighted by molar-refractivity contribution is -0.129. The van der Waals surface area contributed by atoms with Gasteiger partial charge in [-0.15, -0.1) is 0 Å². The molecule has 2 aromatic rings. The molecule has 25 heavy (non-hydrogen) atoms. The van der Waals surface area contributed by atoms with Gasteiger partial charge in [-0.2, -0.15) is 0 Å². The van der Waals surface area contributed by atoms with Crippen LogP contribution in [-0.4, -0.2) is 29.5 Å². The maximum absolute atomic E-state index is 12.3. The molecular weight excluding hydrogens is 338 g/mol. The van der Waals surface area contributed by atoms with Crippen molar-refractivity contribution in [2.24, 2.45) is 5.92 Å². The Hall–Kier alpha value is -2.15. The number of rotatable bonds is 5. The number of thiazole rings is 1. The SMILES string of the molecule is CC(OC(=O)c1ccc2nc(N)sc2c1)C(=O)NCC1CCCCC1. The number of aromatic nitrogens is 1. The lowest BCUT2D eigenvalue weighted by atomic mass is 9.89. The molecule has 1 aromatic carbocycles. The van der Waals surface area contributed by atoms with Gasteiger partial charge in [-0.25, -0.2) is 9.78 Å². The zero-order valence-corrected chi connectivity index (χ0v) is 15.1. The van der Waals surface area contributed by atoms with Gasteiger partial charge in [0.1, 0.15) is 0 Å². The molecule has 0 spiro atoms. The molecule has 1 aromatic heterocycles. The number of nitrogens with two attached hydrogens (primary N) is 1. The molecule has 1 fully saturated rings. The van der Waals surface area contributed by atoms with Crippen LogP contribution in [0.5, 0.6) is 0 Å². The highest BCUT2D eigenvalue weighted by Gasteiger charge is 2.21. The number of benzene rings is 1. The van der Waals surface area contributed by atoms with Crippen molar-refractivity contribution in [2.45, 2.75) is 45.1 Å². The number of carbonyl (C=O) groups excluding carboxylic acids is 2. The fourth-order valence-electron chi connectivity index (χ4n) is 3.13. The molecule has 1 saturated carbocycles. The van der Waals surface area contributed by atoms with E-state index in [-0.39, 0.29) is 5.91 Å². The summed E-state index contributed by atoms with van der Waals surface area (Å²) in [5.41, 5.74) is 6.81. The Morgan fingerprint density at radius 2 is 2.12 bits per heavy atom. The summed E-state index contributed by atoms with van der Waals surface area (Å²) in [4.78, 5) is 28.6. The van der Waals surface area contributed by atoms with Gasteiger partial charge in [0.15, 0.2) is 11.2 Å². The standard InChI is InChI=1S/C18H23N3O3S/c1-11(16(22)20-10-12-5-3-2-4-6-12)24-17(23)13-7-8-14-15(9-13)25-18(19)21-14/h7-9,11-12H,2-6,10H2,1H3,(H2,19,21)(H,20,22). The molecule has 1 heterocycles. The van der Waals surface area contributed by atoms with E-state index in [1.165, 1.54) is 30.6 Å². The highest BCUT2D eigenvalue weighted by molar-refractivity contribution is 7.22. The van der Waals surface area contributed by atoms with Crippen LogP contribution in [0.1, 0.15) is 49.4 Å². The van der Waals surface area contributed by atoms with Crippen LogP contribution in [0.4, 0.5) is 5.13 Å². The quantitative estimate of drug-likeness (QED) is 0.798. The Labute approximate surface area is 150 Å². The number of hydrogen-bond donors (Lipinski definition) is 2. The van der Waals surface area contributed by atoms with Crippen molar-refractivity contribution < 1.29 is 14.3 Å². The van der Waals surface area contributed by atoms with Gasteiger partial charge in [-0.3, -0.25) is 4.79 Å². The largest absolute Gasteiger partial charge is 0.449 e. The first-order chi connectivity index (χ1) is 12.0. The molecule has 0 bridgehead atoms. The average molecular weight is 361 g/mol. The lowest BCUT2D eigenvalue weighted by Gasteiger charge is -2.22. The lowest BCUT2D eigenvalue weighted by Crippen LogP contribution is -2.38.